The Hall–Kier alpha value is -1.91. The third-order valence-corrected chi connectivity index (χ3v) is 3.88. The van der Waals surface area contributed by atoms with Crippen molar-refractivity contribution in [3.63, 3.8) is 0 Å². The van der Waals surface area contributed by atoms with E-state index < -0.39 is 11.9 Å². The highest BCUT2D eigenvalue weighted by molar-refractivity contribution is 5.84. The van der Waals surface area contributed by atoms with Crippen LogP contribution in [-0.4, -0.2) is 28.5 Å². The van der Waals surface area contributed by atoms with Crippen LogP contribution in [0.5, 0.6) is 0 Å². The molecular weight excluding hydrogens is 256 g/mol. The molecular formula is C15H20N2O3. The van der Waals surface area contributed by atoms with Crippen LogP contribution in [0.1, 0.15) is 31.2 Å². The number of hydrogen-bond acceptors (Lipinski definition) is 3. The maximum atomic E-state index is 12.1. The van der Waals surface area contributed by atoms with E-state index in [9.17, 15) is 14.7 Å². The second-order valence-electron chi connectivity index (χ2n) is 5.23. The molecule has 2 N–H and O–H groups in total. The lowest BCUT2D eigenvalue weighted by Gasteiger charge is -2.27. The van der Waals surface area contributed by atoms with Gasteiger partial charge in [0.2, 0.25) is 5.91 Å². The van der Waals surface area contributed by atoms with E-state index in [0.29, 0.717) is 19.4 Å². The Bertz CT molecular complexity index is 461. The van der Waals surface area contributed by atoms with Crippen LogP contribution in [0.4, 0.5) is 0 Å². The van der Waals surface area contributed by atoms with Gasteiger partial charge in [0.15, 0.2) is 0 Å². The van der Waals surface area contributed by atoms with Crippen LogP contribution in [0, 0.1) is 11.8 Å². The number of aliphatic carboxylic acids is 1. The Morgan fingerprint density at radius 2 is 1.85 bits per heavy atom. The Morgan fingerprint density at radius 3 is 2.50 bits per heavy atom. The van der Waals surface area contributed by atoms with E-state index in [1.54, 1.807) is 12.4 Å². The van der Waals surface area contributed by atoms with Crippen molar-refractivity contribution in [1.29, 1.82) is 0 Å². The molecule has 20 heavy (non-hydrogen) atoms. The monoisotopic (exact) mass is 276 g/mol. The van der Waals surface area contributed by atoms with Gasteiger partial charge in [0.1, 0.15) is 0 Å². The van der Waals surface area contributed by atoms with Gasteiger partial charge < -0.3 is 10.4 Å². The first kappa shape index (κ1) is 14.5. The maximum Gasteiger partial charge on any atom is 0.307 e. The normalized spacial score (nSPS) is 22.2. The number of carbonyl (C=O) groups is 2. The van der Waals surface area contributed by atoms with Crippen molar-refractivity contribution in [1.82, 2.24) is 10.3 Å². The van der Waals surface area contributed by atoms with E-state index in [2.05, 4.69) is 10.3 Å². The van der Waals surface area contributed by atoms with Gasteiger partial charge in [-0.1, -0.05) is 12.8 Å². The summed E-state index contributed by atoms with van der Waals surface area (Å²) in [5, 5.41) is 12.0. The van der Waals surface area contributed by atoms with Crippen LogP contribution >= 0.6 is 0 Å². The van der Waals surface area contributed by atoms with Crippen LogP contribution in [0.25, 0.3) is 0 Å². The van der Waals surface area contributed by atoms with Gasteiger partial charge in [-0.05, 0) is 37.0 Å². The summed E-state index contributed by atoms with van der Waals surface area (Å²) in [5.41, 5.74) is 1.11. The third kappa shape index (κ3) is 3.79. The summed E-state index contributed by atoms with van der Waals surface area (Å²) < 4.78 is 0. The maximum absolute atomic E-state index is 12.1. The molecule has 0 spiro atoms. The Morgan fingerprint density at radius 1 is 1.20 bits per heavy atom. The van der Waals surface area contributed by atoms with E-state index in [-0.39, 0.29) is 11.8 Å². The zero-order valence-electron chi connectivity index (χ0n) is 11.4. The molecule has 5 heteroatoms. The van der Waals surface area contributed by atoms with Crippen molar-refractivity contribution in [2.24, 2.45) is 11.8 Å². The minimum absolute atomic E-state index is 0.119. The van der Waals surface area contributed by atoms with Crippen LogP contribution in [0.3, 0.4) is 0 Å². The first-order chi connectivity index (χ1) is 9.68. The number of aromatic nitrogens is 1. The zero-order valence-corrected chi connectivity index (χ0v) is 11.4. The van der Waals surface area contributed by atoms with Crippen molar-refractivity contribution < 1.29 is 14.7 Å². The molecule has 1 amide bonds. The fourth-order valence-corrected chi connectivity index (χ4v) is 2.75. The van der Waals surface area contributed by atoms with Crippen LogP contribution in [-0.2, 0) is 16.0 Å². The van der Waals surface area contributed by atoms with Gasteiger partial charge in [0.05, 0.1) is 11.8 Å². The van der Waals surface area contributed by atoms with E-state index in [4.69, 9.17) is 0 Å². The SMILES string of the molecule is O=C(NCCc1ccncc1)[C@H]1CCCC[C@H]1C(=O)O. The number of carboxylic acid groups (broad SMARTS) is 1. The molecule has 0 aliphatic heterocycles. The van der Waals surface area contributed by atoms with Crippen molar-refractivity contribution in [2.45, 2.75) is 32.1 Å². The number of pyridine rings is 1. The molecule has 0 radical (unpaired) electrons. The summed E-state index contributed by atoms with van der Waals surface area (Å²) in [6.07, 6.45) is 7.30. The number of nitrogens with zero attached hydrogens (tertiary/aromatic N) is 1. The quantitative estimate of drug-likeness (QED) is 0.856. The molecule has 1 heterocycles. The predicted octanol–water partition coefficient (Wildman–Crippen LogP) is 1.63. The lowest BCUT2D eigenvalue weighted by atomic mass is 9.78. The summed E-state index contributed by atoms with van der Waals surface area (Å²) >= 11 is 0. The zero-order chi connectivity index (χ0) is 14.4. The summed E-state index contributed by atoms with van der Waals surface area (Å²) in [4.78, 5) is 27.2. The number of amides is 1. The largest absolute Gasteiger partial charge is 0.481 e. The van der Waals surface area contributed by atoms with Gasteiger partial charge in [0.25, 0.3) is 0 Å². The van der Waals surface area contributed by atoms with Crippen LogP contribution < -0.4 is 5.32 Å². The fourth-order valence-electron chi connectivity index (χ4n) is 2.75. The first-order valence-corrected chi connectivity index (χ1v) is 7.08. The third-order valence-electron chi connectivity index (χ3n) is 3.88. The average molecular weight is 276 g/mol. The minimum atomic E-state index is -0.848. The first-order valence-electron chi connectivity index (χ1n) is 7.08. The Balaban J connectivity index is 1.83. The second-order valence-corrected chi connectivity index (χ2v) is 5.23. The second kappa shape index (κ2) is 7.03. The standard InChI is InChI=1S/C15H20N2O3/c18-14(12-3-1-2-4-13(12)15(19)20)17-10-7-11-5-8-16-9-6-11/h5-6,8-9,12-13H,1-4,7,10H2,(H,17,18)(H,19,20)/t12-,13+/m0/s1. The number of nitrogens with one attached hydrogen (secondary N) is 1. The van der Waals surface area contributed by atoms with Gasteiger partial charge in [-0.15, -0.1) is 0 Å². The summed E-state index contributed by atoms with van der Waals surface area (Å²) in [5.74, 6) is -1.87. The molecule has 2 rings (SSSR count). The van der Waals surface area contributed by atoms with Crippen molar-refractivity contribution >= 4 is 11.9 Å². The molecule has 0 saturated heterocycles. The molecule has 1 fully saturated rings. The highest BCUT2D eigenvalue weighted by Gasteiger charge is 2.35. The number of rotatable bonds is 5. The molecule has 1 saturated carbocycles. The molecule has 108 valence electrons. The molecule has 2 atom stereocenters. The molecule has 0 unspecified atom stereocenters. The van der Waals surface area contributed by atoms with E-state index >= 15 is 0 Å². The summed E-state index contributed by atoms with van der Waals surface area (Å²) in [7, 11) is 0. The molecule has 0 aromatic carbocycles. The lowest BCUT2D eigenvalue weighted by Crippen LogP contribution is -2.40. The molecule has 1 aliphatic carbocycles. The van der Waals surface area contributed by atoms with Gasteiger partial charge in [-0.3, -0.25) is 14.6 Å². The molecule has 1 aliphatic rings. The molecule has 5 nitrogen and oxygen atoms in total. The molecule has 0 bridgehead atoms. The average Bonchev–Trinajstić information content (AvgIpc) is 2.48. The van der Waals surface area contributed by atoms with Gasteiger partial charge in [-0.25, -0.2) is 0 Å². The number of hydrogen-bond donors (Lipinski definition) is 2. The lowest BCUT2D eigenvalue weighted by molar-refractivity contribution is -0.148. The van der Waals surface area contributed by atoms with Crippen LogP contribution in [0.2, 0.25) is 0 Å². The summed E-state index contributed by atoms with van der Waals surface area (Å²) in [6.45, 7) is 0.533. The Labute approximate surface area is 118 Å². The van der Waals surface area contributed by atoms with Gasteiger partial charge in [0, 0.05) is 18.9 Å². The van der Waals surface area contributed by atoms with Crippen molar-refractivity contribution in [3.05, 3.63) is 30.1 Å². The van der Waals surface area contributed by atoms with Crippen molar-refractivity contribution in [2.75, 3.05) is 6.54 Å². The van der Waals surface area contributed by atoms with Gasteiger partial charge >= 0.3 is 5.97 Å². The highest BCUT2D eigenvalue weighted by Crippen LogP contribution is 2.30. The van der Waals surface area contributed by atoms with E-state index in [1.165, 1.54) is 0 Å². The smallest absolute Gasteiger partial charge is 0.307 e. The van der Waals surface area contributed by atoms with E-state index in [1.807, 2.05) is 12.1 Å². The topological polar surface area (TPSA) is 79.3 Å². The number of carboxylic acids is 1. The van der Waals surface area contributed by atoms with Gasteiger partial charge in [-0.2, -0.15) is 0 Å². The Kier molecular flexibility index (Phi) is 5.09. The molecule has 1 aromatic rings. The summed E-state index contributed by atoms with van der Waals surface area (Å²) in [6, 6.07) is 3.82. The fraction of sp³-hybridized carbons (Fsp3) is 0.533. The number of carbonyl (C=O) groups excluding carboxylic acids is 1. The predicted molar refractivity (Wildman–Crippen MR) is 74.0 cm³/mol. The highest BCUT2D eigenvalue weighted by atomic mass is 16.4. The minimum Gasteiger partial charge on any atom is -0.481 e. The molecule has 1 aromatic heterocycles. The van der Waals surface area contributed by atoms with E-state index in [0.717, 1.165) is 24.8 Å². The van der Waals surface area contributed by atoms with Crippen LogP contribution in [0.15, 0.2) is 24.5 Å². The van der Waals surface area contributed by atoms with Crippen molar-refractivity contribution in [3.8, 4) is 0 Å².